The normalized spacial score (nSPS) is 18.6. The quantitative estimate of drug-likeness (QED) is 0.839. The number of oxazole rings is 1. The van der Waals surface area contributed by atoms with Crippen LogP contribution in [0, 0.1) is 6.92 Å². The molecule has 0 atom stereocenters. The third-order valence-electron chi connectivity index (χ3n) is 3.44. The summed E-state index contributed by atoms with van der Waals surface area (Å²) >= 11 is 0. The molecule has 3 nitrogen and oxygen atoms in total. The van der Waals surface area contributed by atoms with Gasteiger partial charge in [0.25, 0.3) is 0 Å². The van der Waals surface area contributed by atoms with Crippen molar-refractivity contribution in [3.63, 3.8) is 0 Å². The van der Waals surface area contributed by atoms with Crippen LogP contribution in [0.15, 0.2) is 22.6 Å². The van der Waals surface area contributed by atoms with Crippen molar-refractivity contribution in [3.05, 3.63) is 29.7 Å². The molecule has 0 radical (unpaired) electrons. The highest BCUT2D eigenvalue weighted by molar-refractivity contribution is 5.73. The van der Waals surface area contributed by atoms with Gasteiger partial charge in [0.05, 0.1) is 0 Å². The SMILES string of the molecule is Cc1ccc2oc(CC3(N)CCC3)nc2c1. The fourth-order valence-corrected chi connectivity index (χ4v) is 2.27. The Labute approximate surface area is 94.7 Å². The Morgan fingerprint density at radius 1 is 1.44 bits per heavy atom. The molecule has 84 valence electrons. The van der Waals surface area contributed by atoms with E-state index in [4.69, 9.17) is 10.2 Å². The van der Waals surface area contributed by atoms with Crippen LogP contribution in [-0.2, 0) is 6.42 Å². The van der Waals surface area contributed by atoms with Gasteiger partial charge in [0, 0.05) is 12.0 Å². The molecular formula is C13H16N2O. The zero-order valence-corrected chi connectivity index (χ0v) is 9.49. The summed E-state index contributed by atoms with van der Waals surface area (Å²) in [4.78, 5) is 4.49. The number of rotatable bonds is 2. The number of benzene rings is 1. The summed E-state index contributed by atoms with van der Waals surface area (Å²) in [6.07, 6.45) is 4.17. The molecule has 1 fully saturated rings. The third kappa shape index (κ3) is 1.61. The molecule has 3 rings (SSSR count). The van der Waals surface area contributed by atoms with Crippen LogP contribution >= 0.6 is 0 Å². The van der Waals surface area contributed by atoms with E-state index >= 15 is 0 Å². The minimum absolute atomic E-state index is 0.0596. The third-order valence-corrected chi connectivity index (χ3v) is 3.44. The number of aromatic nitrogens is 1. The molecule has 0 unspecified atom stereocenters. The largest absolute Gasteiger partial charge is 0.441 e. The topological polar surface area (TPSA) is 52.0 Å². The van der Waals surface area contributed by atoms with Gasteiger partial charge in [-0.2, -0.15) is 0 Å². The van der Waals surface area contributed by atoms with Gasteiger partial charge in [-0.1, -0.05) is 6.07 Å². The highest BCUT2D eigenvalue weighted by Gasteiger charge is 2.34. The monoisotopic (exact) mass is 216 g/mol. The molecule has 16 heavy (non-hydrogen) atoms. The lowest BCUT2D eigenvalue weighted by atomic mass is 9.75. The van der Waals surface area contributed by atoms with E-state index < -0.39 is 0 Å². The first-order valence-corrected chi connectivity index (χ1v) is 5.80. The van der Waals surface area contributed by atoms with E-state index in [2.05, 4.69) is 11.9 Å². The summed E-state index contributed by atoms with van der Waals surface area (Å²) in [5.74, 6) is 0.780. The lowest BCUT2D eigenvalue weighted by molar-refractivity contribution is 0.232. The molecule has 1 heterocycles. The average molecular weight is 216 g/mol. The number of aryl methyl sites for hydroxylation is 1. The van der Waals surface area contributed by atoms with Gasteiger partial charge in [-0.15, -0.1) is 0 Å². The molecule has 2 aromatic rings. The molecule has 0 amide bonds. The number of fused-ring (bicyclic) bond motifs is 1. The Hall–Kier alpha value is -1.35. The van der Waals surface area contributed by atoms with E-state index in [0.717, 1.165) is 36.3 Å². The van der Waals surface area contributed by atoms with E-state index in [0.29, 0.717) is 0 Å². The van der Waals surface area contributed by atoms with Crippen LogP contribution < -0.4 is 5.73 Å². The fourth-order valence-electron chi connectivity index (χ4n) is 2.27. The van der Waals surface area contributed by atoms with Crippen molar-refractivity contribution in [2.24, 2.45) is 5.73 Å². The molecule has 0 aliphatic heterocycles. The first-order valence-electron chi connectivity index (χ1n) is 5.80. The predicted molar refractivity (Wildman–Crippen MR) is 63.2 cm³/mol. The Morgan fingerprint density at radius 2 is 2.25 bits per heavy atom. The van der Waals surface area contributed by atoms with E-state index in [-0.39, 0.29) is 5.54 Å². The average Bonchev–Trinajstić information content (AvgIpc) is 2.56. The van der Waals surface area contributed by atoms with Gasteiger partial charge in [-0.3, -0.25) is 0 Å². The van der Waals surface area contributed by atoms with Crippen LogP contribution in [0.2, 0.25) is 0 Å². The number of hydrogen-bond acceptors (Lipinski definition) is 3. The van der Waals surface area contributed by atoms with Gasteiger partial charge >= 0.3 is 0 Å². The minimum Gasteiger partial charge on any atom is -0.441 e. The van der Waals surface area contributed by atoms with Crippen LogP contribution in [-0.4, -0.2) is 10.5 Å². The minimum atomic E-state index is -0.0596. The molecule has 1 saturated carbocycles. The van der Waals surface area contributed by atoms with Crippen LogP contribution in [0.4, 0.5) is 0 Å². The van der Waals surface area contributed by atoms with Crippen molar-refractivity contribution in [1.29, 1.82) is 0 Å². The molecule has 3 heteroatoms. The van der Waals surface area contributed by atoms with Gasteiger partial charge in [0.1, 0.15) is 5.52 Å². The lowest BCUT2D eigenvalue weighted by Crippen LogP contribution is -2.48. The van der Waals surface area contributed by atoms with Crippen molar-refractivity contribution < 1.29 is 4.42 Å². The van der Waals surface area contributed by atoms with Crippen LogP contribution in [0.25, 0.3) is 11.1 Å². The van der Waals surface area contributed by atoms with Crippen molar-refractivity contribution >= 4 is 11.1 Å². The Morgan fingerprint density at radius 3 is 2.94 bits per heavy atom. The van der Waals surface area contributed by atoms with Gasteiger partial charge in [0.2, 0.25) is 0 Å². The van der Waals surface area contributed by atoms with Crippen LogP contribution in [0.1, 0.15) is 30.7 Å². The van der Waals surface area contributed by atoms with Gasteiger partial charge in [0.15, 0.2) is 11.5 Å². The number of nitrogens with two attached hydrogens (primary N) is 1. The number of nitrogens with zero attached hydrogens (tertiary/aromatic N) is 1. The zero-order chi connectivity index (χ0) is 11.2. The van der Waals surface area contributed by atoms with E-state index in [9.17, 15) is 0 Å². The van der Waals surface area contributed by atoms with Gasteiger partial charge in [-0.05, 0) is 43.9 Å². The first-order chi connectivity index (χ1) is 7.65. The van der Waals surface area contributed by atoms with Crippen molar-refractivity contribution in [3.8, 4) is 0 Å². The Bertz CT molecular complexity index is 526. The molecule has 1 aromatic heterocycles. The summed E-state index contributed by atoms with van der Waals surface area (Å²) in [5.41, 5.74) is 9.14. The van der Waals surface area contributed by atoms with E-state index in [1.165, 1.54) is 12.0 Å². The van der Waals surface area contributed by atoms with Gasteiger partial charge in [-0.25, -0.2) is 4.98 Å². The van der Waals surface area contributed by atoms with Crippen molar-refractivity contribution in [2.45, 2.75) is 38.1 Å². The molecule has 0 spiro atoms. The molecule has 0 saturated heterocycles. The Kier molecular flexibility index (Phi) is 2.04. The van der Waals surface area contributed by atoms with Crippen molar-refractivity contribution in [1.82, 2.24) is 4.98 Å². The van der Waals surface area contributed by atoms with Gasteiger partial charge < -0.3 is 10.2 Å². The summed E-state index contributed by atoms with van der Waals surface area (Å²) in [7, 11) is 0. The van der Waals surface area contributed by atoms with Crippen molar-refractivity contribution in [2.75, 3.05) is 0 Å². The molecular weight excluding hydrogens is 200 g/mol. The molecule has 2 N–H and O–H groups in total. The number of hydrogen-bond donors (Lipinski definition) is 1. The smallest absolute Gasteiger partial charge is 0.197 e. The maximum atomic E-state index is 6.19. The standard InChI is InChI=1S/C13H16N2O/c1-9-3-4-11-10(7-9)15-12(16-11)8-13(14)5-2-6-13/h3-4,7H,2,5-6,8,14H2,1H3. The van der Waals surface area contributed by atoms with Crippen LogP contribution in [0.5, 0.6) is 0 Å². The molecule has 1 aliphatic carbocycles. The zero-order valence-electron chi connectivity index (χ0n) is 9.49. The summed E-state index contributed by atoms with van der Waals surface area (Å²) in [6, 6.07) is 6.07. The predicted octanol–water partition coefficient (Wildman–Crippen LogP) is 2.56. The highest BCUT2D eigenvalue weighted by Crippen LogP contribution is 2.32. The first kappa shape index (κ1) is 9.85. The van der Waals surface area contributed by atoms with E-state index in [1.54, 1.807) is 0 Å². The van der Waals surface area contributed by atoms with E-state index in [1.807, 2.05) is 18.2 Å². The fraction of sp³-hybridized carbons (Fsp3) is 0.462. The second-order valence-corrected chi connectivity index (χ2v) is 4.97. The molecule has 1 aliphatic rings. The Balaban J connectivity index is 1.93. The molecule has 0 bridgehead atoms. The second kappa shape index (κ2) is 3.32. The summed E-state index contributed by atoms with van der Waals surface area (Å²) < 4.78 is 5.70. The molecule has 1 aromatic carbocycles. The maximum absolute atomic E-state index is 6.19. The lowest BCUT2D eigenvalue weighted by Gasteiger charge is -2.36. The van der Waals surface area contributed by atoms with Crippen LogP contribution in [0.3, 0.4) is 0 Å². The highest BCUT2D eigenvalue weighted by atomic mass is 16.3. The second-order valence-electron chi connectivity index (χ2n) is 4.97. The summed E-state index contributed by atoms with van der Waals surface area (Å²) in [6.45, 7) is 2.06. The maximum Gasteiger partial charge on any atom is 0.197 e. The summed E-state index contributed by atoms with van der Waals surface area (Å²) in [5, 5.41) is 0.